The number of aromatic carboxylic acids is 1. The van der Waals surface area contributed by atoms with Gasteiger partial charge in [0, 0.05) is 8.95 Å². The molecule has 2 aromatic rings. The van der Waals surface area contributed by atoms with Crippen molar-refractivity contribution < 1.29 is 18.3 Å². The number of sulfonamides is 1. The van der Waals surface area contributed by atoms with Crippen LogP contribution in [0.1, 0.15) is 21.1 Å². The number of carbonyl (C=O) groups is 1. The van der Waals surface area contributed by atoms with E-state index in [0.29, 0.717) is 9.26 Å². The number of carboxylic acid groups (broad SMARTS) is 1. The van der Waals surface area contributed by atoms with E-state index in [4.69, 9.17) is 5.11 Å². The average molecular weight is 438 g/mol. The number of aromatic nitrogens is 1. The Bertz CT molecular complexity index is 786. The molecule has 0 fully saturated rings. The fourth-order valence-corrected chi connectivity index (χ4v) is 3.78. The Labute approximate surface area is 139 Å². The van der Waals surface area contributed by atoms with Gasteiger partial charge in [-0.2, -0.15) is 0 Å². The van der Waals surface area contributed by atoms with Crippen molar-refractivity contribution in [3.63, 3.8) is 0 Å². The molecule has 9 heteroatoms. The van der Waals surface area contributed by atoms with Crippen molar-refractivity contribution in [1.82, 2.24) is 9.71 Å². The van der Waals surface area contributed by atoms with Gasteiger partial charge in [-0.25, -0.2) is 22.9 Å². The van der Waals surface area contributed by atoms with Gasteiger partial charge in [-0.1, -0.05) is 0 Å². The van der Waals surface area contributed by atoms with Gasteiger partial charge >= 0.3 is 5.97 Å². The van der Waals surface area contributed by atoms with Crippen molar-refractivity contribution in [3.05, 3.63) is 43.4 Å². The second-order valence-corrected chi connectivity index (χ2v) is 8.12. The Hall–Kier alpha value is -1.04. The third kappa shape index (κ3) is 3.99. The van der Waals surface area contributed by atoms with Gasteiger partial charge in [-0.3, -0.25) is 0 Å². The van der Waals surface area contributed by atoms with Gasteiger partial charge in [-0.05, 0) is 47.7 Å². The third-order valence-electron chi connectivity index (χ3n) is 2.59. The number of benzene rings is 1. The fourth-order valence-electron chi connectivity index (χ4n) is 1.58. The van der Waals surface area contributed by atoms with Gasteiger partial charge < -0.3 is 5.11 Å². The number of nitrogens with one attached hydrogen (secondary N) is 1. The van der Waals surface area contributed by atoms with Crippen LogP contribution < -0.4 is 4.72 Å². The minimum atomic E-state index is -3.77. The van der Waals surface area contributed by atoms with E-state index in [2.05, 4.69) is 9.71 Å². The molecular weight excluding hydrogens is 427 g/mol. The molecule has 6 nitrogen and oxygen atoms in total. The Morgan fingerprint density at radius 1 is 1.48 bits per heavy atom. The van der Waals surface area contributed by atoms with E-state index in [1.165, 1.54) is 23.5 Å². The molecule has 0 aliphatic heterocycles. The van der Waals surface area contributed by atoms with Gasteiger partial charge in [0.15, 0.2) is 0 Å². The summed E-state index contributed by atoms with van der Waals surface area (Å²) in [6.45, 7) is 1.90. The van der Waals surface area contributed by atoms with Crippen LogP contribution in [0.2, 0.25) is 0 Å². The Kier molecular flexibility index (Phi) is 4.96. The van der Waals surface area contributed by atoms with Crippen LogP contribution in [0.5, 0.6) is 0 Å². The van der Waals surface area contributed by atoms with Crippen LogP contribution in [0.15, 0.2) is 28.5 Å². The highest BCUT2D eigenvalue weighted by Gasteiger charge is 2.18. The maximum Gasteiger partial charge on any atom is 0.336 e. The van der Waals surface area contributed by atoms with Crippen LogP contribution in [-0.4, -0.2) is 24.5 Å². The molecule has 0 unspecified atom stereocenters. The molecule has 1 aromatic heterocycles. The number of thiazole rings is 1. The Morgan fingerprint density at radius 2 is 2.19 bits per heavy atom. The van der Waals surface area contributed by atoms with Crippen molar-refractivity contribution in [2.45, 2.75) is 18.4 Å². The lowest BCUT2D eigenvalue weighted by Gasteiger charge is -2.07. The lowest BCUT2D eigenvalue weighted by atomic mass is 10.2. The van der Waals surface area contributed by atoms with Crippen LogP contribution in [0.3, 0.4) is 0 Å². The van der Waals surface area contributed by atoms with E-state index in [9.17, 15) is 13.2 Å². The van der Waals surface area contributed by atoms with Crippen molar-refractivity contribution in [1.29, 1.82) is 0 Å². The highest BCUT2D eigenvalue weighted by atomic mass is 127. The zero-order chi connectivity index (χ0) is 15.6. The van der Waals surface area contributed by atoms with E-state index >= 15 is 0 Å². The predicted molar refractivity (Wildman–Crippen MR) is 87.0 cm³/mol. The fraction of sp³-hybridized carbons (Fsp3) is 0.167. The standard InChI is InChI=1S/C12H11IN2O4S2/c1-7-15-8(6-20-7)5-14-21(18,19)9-2-3-11(13)10(4-9)12(16)17/h2-4,6,14H,5H2,1H3,(H,16,17). The molecular formula is C12H11IN2O4S2. The summed E-state index contributed by atoms with van der Waals surface area (Å²) in [5.41, 5.74) is 0.591. The van der Waals surface area contributed by atoms with E-state index in [1.54, 1.807) is 5.38 Å². The van der Waals surface area contributed by atoms with Gasteiger partial charge in [-0.15, -0.1) is 11.3 Å². The van der Waals surface area contributed by atoms with Crippen LogP contribution >= 0.6 is 33.9 Å². The van der Waals surface area contributed by atoms with Crippen molar-refractivity contribution in [2.24, 2.45) is 0 Å². The zero-order valence-corrected chi connectivity index (χ0v) is 14.6. The maximum atomic E-state index is 12.2. The van der Waals surface area contributed by atoms with Crippen LogP contribution in [-0.2, 0) is 16.6 Å². The second kappa shape index (κ2) is 6.38. The molecule has 0 saturated carbocycles. The molecule has 0 amide bonds. The summed E-state index contributed by atoms with van der Waals surface area (Å²) in [5.74, 6) is -1.16. The first-order chi connectivity index (χ1) is 9.79. The normalized spacial score (nSPS) is 11.5. The molecule has 0 spiro atoms. The first-order valence-electron chi connectivity index (χ1n) is 5.73. The predicted octanol–water partition coefficient (Wildman–Crippen LogP) is 2.23. The van der Waals surface area contributed by atoms with Crippen LogP contribution in [0.25, 0.3) is 0 Å². The molecule has 0 aliphatic carbocycles. The number of aryl methyl sites for hydroxylation is 1. The number of carboxylic acids is 1. The summed E-state index contributed by atoms with van der Waals surface area (Å²) < 4.78 is 27.2. The second-order valence-electron chi connectivity index (χ2n) is 4.13. The summed E-state index contributed by atoms with van der Waals surface area (Å²) in [6, 6.07) is 3.99. The number of halogens is 1. The molecule has 0 saturated heterocycles. The van der Waals surface area contributed by atoms with E-state index in [0.717, 1.165) is 11.1 Å². The SMILES string of the molecule is Cc1nc(CNS(=O)(=O)c2ccc(I)c(C(=O)O)c2)cs1. The minimum Gasteiger partial charge on any atom is -0.478 e. The van der Waals surface area contributed by atoms with Crippen molar-refractivity contribution in [3.8, 4) is 0 Å². The highest BCUT2D eigenvalue weighted by Crippen LogP contribution is 2.18. The van der Waals surface area contributed by atoms with E-state index in [-0.39, 0.29) is 17.0 Å². The molecule has 2 N–H and O–H groups in total. The Balaban J connectivity index is 2.23. The quantitative estimate of drug-likeness (QED) is 0.699. The topological polar surface area (TPSA) is 96.4 Å². The Morgan fingerprint density at radius 3 is 2.76 bits per heavy atom. The molecule has 112 valence electrons. The van der Waals surface area contributed by atoms with Crippen LogP contribution in [0.4, 0.5) is 0 Å². The van der Waals surface area contributed by atoms with Gasteiger partial charge in [0.25, 0.3) is 0 Å². The average Bonchev–Trinajstić information content (AvgIpc) is 2.82. The number of hydrogen-bond acceptors (Lipinski definition) is 5. The summed E-state index contributed by atoms with van der Waals surface area (Å²) >= 11 is 3.28. The highest BCUT2D eigenvalue weighted by molar-refractivity contribution is 14.1. The van der Waals surface area contributed by atoms with E-state index < -0.39 is 16.0 Å². The molecule has 0 radical (unpaired) electrons. The van der Waals surface area contributed by atoms with Crippen LogP contribution in [0, 0.1) is 10.5 Å². The largest absolute Gasteiger partial charge is 0.478 e. The molecule has 0 atom stereocenters. The summed E-state index contributed by atoms with van der Waals surface area (Å²) in [7, 11) is -3.77. The summed E-state index contributed by atoms with van der Waals surface area (Å²) in [5, 5.41) is 11.7. The summed E-state index contributed by atoms with van der Waals surface area (Å²) in [6.07, 6.45) is 0. The van der Waals surface area contributed by atoms with Crippen molar-refractivity contribution >= 4 is 49.9 Å². The van der Waals surface area contributed by atoms with Crippen molar-refractivity contribution in [2.75, 3.05) is 0 Å². The lowest BCUT2D eigenvalue weighted by Crippen LogP contribution is -2.23. The minimum absolute atomic E-state index is 0.0389. The zero-order valence-electron chi connectivity index (χ0n) is 10.8. The summed E-state index contributed by atoms with van der Waals surface area (Å²) in [4.78, 5) is 15.1. The lowest BCUT2D eigenvalue weighted by molar-refractivity contribution is 0.0695. The number of rotatable bonds is 5. The first kappa shape index (κ1) is 16.3. The third-order valence-corrected chi connectivity index (χ3v) is 5.75. The monoisotopic (exact) mass is 438 g/mol. The molecule has 0 aliphatic rings. The van der Waals surface area contributed by atoms with Gasteiger partial charge in [0.05, 0.1) is 27.7 Å². The van der Waals surface area contributed by atoms with Gasteiger partial charge in [0.1, 0.15) is 0 Å². The molecule has 0 bridgehead atoms. The smallest absolute Gasteiger partial charge is 0.336 e. The number of nitrogens with zero attached hydrogens (tertiary/aromatic N) is 1. The molecule has 1 aromatic carbocycles. The van der Waals surface area contributed by atoms with E-state index in [1.807, 2.05) is 29.5 Å². The maximum absolute atomic E-state index is 12.2. The van der Waals surface area contributed by atoms with Gasteiger partial charge in [0.2, 0.25) is 10.0 Å². The molecule has 1 heterocycles. The number of hydrogen-bond donors (Lipinski definition) is 2. The molecule has 21 heavy (non-hydrogen) atoms. The first-order valence-corrected chi connectivity index (χ1v) is 9.17. The molecule has 2 rings (SSSR count).